The van der Waals surface area contributed by atoms with E-state index in [0.29, 0.717) is 12.1 Å². The summed E-state index contributed by atoms with van der Waals surface area (Å²) in [5, 5.41) is 16.1. The van der Waals surface area contributed by atoms with E-state index in [4.69, 9.17) is 5.11 Å². The maximum absolute atomic E-state index is 10.5. The first kappa shape index (κ1) is 9.57. The Morgan fingerprint density at radius 2 is 2.38 bits per heavy atom. The van der Waals surface area contributed by atoms with Crippen LogP contribution in [0.3, 0.4) is 0 Å². The molecule has 1 heterocycles. The van der Waals surface area contributed by atoms with Gasteiger partial charge in [0.25, 0.3) is 0 Å². The van der Waals surface area contributed by atoms with Gasteiger partial charge in [0.2, 0.25) is 0 Å². The van der Waals surface area contributed by atoms with E-state index in [1.165, 1.54) is 6.33 Å². The fourth-order valence-electron chi connectivity index (χ4n) is 0.921. The zero-order valence-electron chi connectivity index (χ0n) is 7.56. The molecule has 0 amide bonds. The lowest BCUT2D eigenvalue weighted by Gasteiger charge is -2.05. The minimum Gasteiger partial charge on any atom is -0.481 e. The lowest BCUT2D eigenvalue weighted by atomic mass is 10.1. The Kier molecular flexibility index (Phi) is 2.89. The Balaban J connectivity index is 2.74. The molecule has 0 spiro atoms. The second kappa shape index (κ2) is 3.93. The lowest BCUT2D eigenvalue weighted by Crippen LogP contribution is -2.14. The normalized spacial score (nSPS) is 12.5. The molecule has 0 aromatic carbocycles. The van der Waals surface area contributed by atoms with Gasteiger partial charge >= 0.3 is 5.97 Å². The Labute approximate surface area is 75.8 Å². The van der Waals surface area contributed by atoms with Gasteiger partial charge in [-0.1, -0.05) is 6.92 Å². The molecule has 1 aromatic heterocycles. The number of rotatable bonds is 3. The van der Waals surface area contributed by atoms with Gasteiger partial charge in [-0.25, -0.2) is 4.98 Å². The third-order valence-corrected chi connectivity index (χ3v) is 1.82. The first-order chi connectivity index (χ1) is 6.11. The van der Waals surface area contributed by atoms with Crippen LogP contribution in [0, 0.1) is 12.8 Å². The number of carboxylic acid groups (broad SMARTS) is 1. The second-order valence-corrected chi connectivity index (χ2v) is 2.94. The van der Waals surface area contributed by atoms with Crippen molar-refractivity contribution in [2.45, 2.75) is 20.3 Å². The molecule has 5 heteroatoms. The summed E-state index contributed by atoms with van der Waals surface area (Å²) in [5.74, 6) is -1.28. The van der Waals surface area contributed by atoms with E-state index in [9.17, 15) is 4.79 Å². The van der Waals surface area contributed by atoms with Crippen molar-refractivity contribution in [1.29, 1.82) is 0 Å². The SMILES string of the molecule is Cc1ncnnc1CC(C)C(=O)O. The lowest BCUT2D eigenvalue weighted by molar-refractivity contribution is -0.141. The number of aromatic nitrogens is 3. The van der Waals surface area contributed by atoms with Crippen LogP contribution in [0.1, 0.15) is 18.3 Å². The van der Waals surface area contributed by atoms with E-state index in [-0.39, 0.29) is 0 Å². The smallest absolute Gasteiger partial charge is 0.306 e. The second-order valence-electron chi connectivity index (χ2n) is 2.94. The van der Waals surface area contributed by atoms with E-state index in [1.807, 2.05) is 0 Å². The van der Waals surface area contributed by atoms with Crippen LogP contribution in [0.5, 0.6) is 0 Å². The first-order valence-corrected chi connectivity index (χ1v) is 3.97. The molecule has 13 heavy (non-hydrogen) atoms. The summed E-state index contributed by atoms with van der Waals surface area (Å²) in [6, 6.07) is 0. The van der Waals surface area contributed by atoms with Crippen molar-refractivity contribution in [3.05, 3.63) is 17.7 Å². The molecule has 70 valence electrons. The van der Waals surface area contributed by atoms with Crippen LogP contribution in [-0.2, 0) is 11.2 Å². The van der Waals surface area contributed by atoms with Crippen molar-refractivity contribution < 1.29 is 9.90 Å². The summed E-state index contributed by atoms with van der Waals surface area (Å²) in [5.41, 5.74) is 1.39. The van der Waals surface area contributed by atoms with E-state index in [2.05, 4.69) is 15.2 Å². The van der Waals surface area contributed by atoms with E-state index in [0.717, 1.165) is 5.69 Å². The molecule has 0 saturated carbocycles. The molecule has 1 atom stereocenters. The van der Waals surface area contributed by atoms with Crippen LogP contribution in [0.2, 0.25) is 0 Å². The molecular weight excluding hydrogens is 170 g/mol. The van der Waals surface area contributed by atoms with Crippen molar-refractivity contribution in [2.75, 3.05) is 0 Å². The van der Waals surface area contributed by atoms with E-state index in [1.54, 1.807) is 13.8 Å². The fourth-order valence-corrected chi connectivity index (χ4v) is 0.921. The highest BCUT2D eigenvalue weighted by Gasteiger charge is 2.14. The van der Waals surface area contributed by atoms with Crippen molar-refractivity contribution in [3.63, 3.8) is 0 Å². The molecule has 0 aliphatic heterocycles. The number of hydrogen-bond acceptors (Lipinski definition) is 4. The fraction of sp³-hybridized carbons (Fsp3) is 0.500. The summed E-state index contributed by atoms with van der Waals surface area (Å²) in [7, 11) is 0. The zero-order chi connectivity index (χ0) is 9.84. The van der Waals surface area contributed by atoms with Crippen LogP contribution in [0.15, 0.2) is 6.33 Å². The molecule has 5 nitrogen and oxygen atoms in total. The van der Waals surface area contributed by atoms with Gasteiger partial charge in [0.15, 0.2) is 0 Å². The van der Waals surface area contributed by atoms with E-state index < -0.39 is 11.9 Å². The van der Waals surface area contributed by atoms with Crippen molar-refractivity contribution in [3.8, 4) is 0 Å². The Morgan fingerprint density at radius 1 is 1.69 bits per heavy atom. The molecular formula is C8H11N3O2. The van der Waals surface area contributed by atoms with Crippen LogP contribution in [0.25, 0.3) is 0 Å². The van der Waals surface area contributed by atoms with Gasteiger partial charge in [0.1, 0.15) is 6.33 Å². The predicted octanol–water partition coefficient (Wildman–Crippen LogP) is 0.443. The molecule has 1 aromatic rings. The molecule has 1 N–H and O–H groups in total. The number of carboxylic acids is 1. The van der Waals surface area contributed by atoms with Gasteiger partial charge < -0.3 is 5.11 Å². The summed E-state index contributed by atoms with van der Waals surface area (Å²) in [6.45, 7) is 3.43. The molecule has 1 rings (SSSR count). The van der Waals surface area contributed by atoms with Crippen LogP contribution < -0.4 is 0 Å². The monoisotopic (exact) mass is 181 g/mol. The zero-order valence-corrected chi connectivity index (χ0v) is 7.56. The molecule has 1 unspecified atom stereocenters. The predicted molar refractivity (Wildman–Crippen MR) is 45.1 cm³/mol. The summed E-state index contributed by atoms with van der Waals surface area (Å²) in [4.78, 5) is 14.5. The topological polar surface area (TPSA) is 76.0 Å². The van der Waals surface area contributed by atoms with Crippen molar-refractivity contribution in [1.82, 2.24) is 15.2 Å². The van der Waals surface area contributed by atoms with Crippen LogP contribution >= 0.6 is 0 Å². The van der Waals surface area contributed by atoms with E-state index >= 15 is 0 Å². The van der Waals surface area contributed by atoms with Crippen LogP contribution in [-0.4, -0.2) is 26.3 Å². The van der Waals surface area contributed by atoms with Gasteiger partial charge in [-0.3, -0.25) is 4.79 Å². The maximum atomic E-state index is 10.5. The highest BCUT2D eigenvalue weighted by Crippen LogP contribution is 2.07. The Morgan fingerprint density at radius 3 is 2.92 bits per heavy atom. The highest BCUT2D eigenvalue weighted by molar-refractivity contribution is 5.69. The quantitative estimate of drug-likeness (QED) is 0.732. The van der Waals surface area contributed by atoms with Crippen molar-refractivity contribution in [2.24, 2.45) is 5.92 Å². The van der Waals surface area contributed by atoms with Gasteiger partial charge in [-0.05, 0) is 6.92 Å². The maximum Gasteiger partial charge on any atom is 0.306 e. The Bertz CT molecular complexity index is 314. The number of nitrogens with zero attached hydrogens (tertiary/aromatic N) is 3. The molecule has 0 bridgehead atoms. The number of aliphatic carboxylic acids is 1. The molecule has 0 aliphatic rings. The number of hydrogen-bond donors (Lipinski definition) is 1. The highest BCUT2D eigenvalue weighted by atomic mass is 16.4. The summed E-state index contributed by atoms with van der Waals surface area (Å²) in [6.07, 6.45) is 1.73. The molecule has 0 radical (unpaired) electrons. The minimum atomic E-state index is -0.829. The summed E-state index contributed by atoms with van der Waals surface area (Å²) < 4.78 is 0. The molecule has 0 fully saturated rings. The first-order valence-electron chi connectivity index (χ1n) is 3.97. The number of aryl methyl sites for hydroxylation is 1. The molecule has 0 saturated heterocycles. The van der Waals surface area contributed by atoms with Crippen molar-refractivity contribution >= 4 is 5.97 Å². The summed E-state index contributed by atoms with van der Waals surface area (Å²) >= 11 is 0. The van der Waals surface area contributed by atoms with Gasteiger partial charge in [-0.15, -0.1) is 5.10 Å². The number of carbonyl (C=O) groups is 1. The third-order valence-electron chi connectivity index (χ3n) is 1.82. The standard InChI is InChI=1S/C8H11N3O2/c1-5(8(12)13)3-7-6(2)9-4-10-11-7/h4-5H,3H2,1-2H3,(H,12,13). The molecule has 0 aliphatic carbocycles. The third kappa shape index (κ3) is 2.47. The average Bonchev–Trinajstić information content (AvgIpc) is 2.08. The minimum absolute atomic E-state index is 0.377. The average molecular weight is 181 g/mol. The Hall–Kier alpha value is -1.52. The van der Waals surface area contributed by atoms with Gasteiger partial charge in [0, 0.05) is 6.42 Å². The van der Waals surface area contributed by atoms with Gasteiger partial charge in [-0.2, -0.15) is 5.10 Å². The van der Waals surface area contributed by atoms with Crippen LogP contribution in [0.4, 0.5) is 0 Å². The largest absolute Gasteiger partial charge is 0.481 e. The van der Waals surface area contributed by atoms with Gasteiger partial charge in [0.05, 0.1) is 17.3 Å².